The molecule has 0 radical (unpaired) electrons. The molecule has 0 bridgehead atoms. The molecule has 1 aliphatic carbocycles. The lowest BCUT2D eigenvalue weighted by molar-refractivity contribution is 0.459. The number of nitrogens with one attached hydrogen (secondary N) is 1. The highest BCUT2D eigenvalue weighted by Crippen LogP contribution is 2.36. The van der Waals surface area contributed by atoms with Crippen molar-refractivity contribution >= 4 is 11.3 Å². The summed E-state index contributed by atoms with van der Waals surface area (Å²) in [6.45, 7) is 4.63. The monoisotopic (exact) mass is 312 g/mol. The van der Waals surface area contributed by atoms with Crippen LogP contribution in [-0.4, -0.2) is 18.1 Å². The quantitative estimate of drug-likeness (QED) is 0.868. The maximum absolute atomic E-state index is 4.97. The Kier molecular flexibility index (Phi) is 4.01. The first-order valence-electron chi connectivity index (χ1n) is 8.60. The first-order valence-corrected chi connectivity index (χ1v) is 9.48. The molecule has 2 heterocycles. The summed E-state index contributed by atoms with van der Waals surface area (Å²) in [5.41, 5.74) is 5.60. The van der Waals surface area contributed by atoms with Crippen LogP contribution in [-0.2, 0) is 6.42 Å². The minimum Gasteiger partial charge on any atom is -0.317 e. The third-order valence-corrected chi connectivity index (χ3v) is 6.27. The first kappa shape index (κ1) is 14.4. The molecule has 22 heavy (non-hydrogen) atoms. The molecule has 116 valence electrons. The lowest BCUT2D eigenvalue weighted by Gasteiger charge is -2.22. The first-order chi connectivity index (χ1) is 10.8. The highest BCUT2D eigenvalue weighted by Gasteiger charge is 2.20. The van der Waals surface area contributed by atoms with E-state index in [-0.39, 0.29) is 0 Å². The summed E-state index contributed by atoms with van der Waals surface area (Å²) < 4.78 is 0. The molecular formula is C19H24N2S. The average Bonchev–Trinajstić information content (AvgIpc) is 3.06. The van der Waals surface area contributed by atoms with Crippen LogP contribution in [0.15, 0.2) is 23.6 Å². The van der Waals surface area contributed by atoms with E-state index in [1.807, 2.05) is 11.3 Å². The number of rotatable bonds is 2. The van der Waals surface area contributed by atoms with Crippen molar-refractivity contribution in [3.05, 3.63) is 39.7 Å². The summed E-state index contributed by atoms with van der Waals surface area (Å²) in [6.07, 6.45) is 6.37. The number of aryl methyl sites for hydroxylation is 1. The smallest absolute Gasteiger partial charge is 0.0964 e. The van der Waals surface area contributed by atoms with Crippen molar-refractivity contribution in [2.75, 3.05) is 13.1 Å². The Morgan fingerprint density at radius 2 is 2.05 bits per heavy atom. The number of benzene rings is 1. The van der Waals surface area contributed by atoms with Gasteiger partial charge >= 0.3 is 0 Å². The Morgan fingerprint density at radius 1 is 1.18 bits per heavy atom. The molecule has 0 spiro atoms. The van der Waals surface area contributed by atoms with Crippen LogP contribution in [0.25, 0.3) is 11.3 Å². The van der Waals surface area contributed by atoms with Gasteiger partial charge in [-0.3, -0.25) is 0 Å². The van der Waals surface area contributed by atoms with Crippen molar-refractivity contribution in [3.63, 3.8) is 0 Å². The second kappa shape index (κ2) is 6.13. The van der Waals surface area contributed by atoms with E-state index in [9.17, 15) is 0 Å². The van der Waals surface area contributed by atoms with Crippen LogP contribution in [0.5, 0.6) is 0 Å². The van der Waals surface area contributed by atoms with Crippen LogP contribution in [0.3, 0.4) is 0 Å². The molecule has 1 atom stereocenters. The number of fused-ring (bicyclic) bond motifs is 1. The fraction of sp³-hybridized carbons (Fsp3) is 0.526. The van der Waals surface area contributed by atoms with Gasteiger partial charge in [-0.15, -0.1) is 11.3 Å². The molecule has 1 aromatic carbocycles. The van der Waals surface area contributed by atoms with Gasteiger partial charge in [-0.25, -0.2) is 4.98 Å². The lowest BCUT2D eigenvalue weighted by Crippen LogP contribution is -2.26. The topological polar surface area (TPSA) is 24.9 Å². The molecule has 1 aliphatic heterocycles. The number of piperidine rings is 1. The van der Waals surface area contributed by atoms with Crippen LogP contribution in [0.4, 0.5) is 0 Å². The largest absolute Gasteiger partial charge is 0.317 e. The summed E-state index contributed by atoms with van der Waals surface area (Å²) in [7, 11) is 0. The number of thiazole rings is 1. The molecule has 1 N–H and O–H groups in total. The summed E-state index contributed by atoms with van der Waals surface area (Å²) in [6, 6.07) is 7.02. The summed E-state index contributed by atoms with van der Waals surface area (Å²) in [4.78, 5) is 4.97. The van der Waals surface area contributed by atoms with Gasteiger partial charge in [-0.2, -0.15) is 0 Å². The molecule has 0 saturated carbocycles. The summed E-state index contributed by atoms with van der Waals surface area (Å²) in [5.74, 6) is 1.36. The van der Waals surface area contributed by atoms with E-state index in [1.165, 1.54) is 48.4 Å². The van der Waals surface area contributed by atoms with E-state index in [4.69, 9.17) is 4.98 Å². The molecule has 1 saturated heterocycles. The minimum atomic E-state index is 0.663. The maximum atomic E-state index is 4.97. The minimum absolute atomic E-state index is 0.663. The summed E-state index contributed by atoms with van der Waals surface area (Å²) >= 11 is 1.85. The second-order valence-corrected chi connectivity index (χ2v) is 7.69. The van der Waals surface area contributed by atoms with Crippen molar-refractivity contribution in [2.24, 2.45) is 0 Å². The van der Waals surface area contributed by atoms with Crippen molar-refractivity contribution < 1.29 is 0 Å². The predicted molar refractivity (Wildman–Crippen MR) is 93.7 cm³/mol. The fourth-order valence-electron chi connectivity index (χ4n) is 3.87. The van der Waals surface area contributed by atoms with Crippen molar-refractivity contribution in [3.8, 4) is 11.3 Å². The number of hydrogen-bond donors (Lipinski definition) is 1. The van der Waals surface area contributed by atoms with Crippen LogP contribution in [0.1, 0.15) is 60.6 Å². The molecule has 0 amide bonds. The number of aromatic nitrogens is 1. The van der Waals surface area contributed by atoms with Gasteiger partial charge in [-0.1, -0.05) is 19.1 Å². The van der Waals surface area contributed by atoms with E-state index < -0.39 is 0 Å². The van der Waals surface area contributed by atoms with E-state index >= 15 is 0 Å². The molecule has 2 aliphatic rings. The third kappa shape index (κ3) is 2.72. The zero-order valence-corrected chi connectivity index (χ0v) is 14.1. The van der Waals surface area contributed by atoms with Crippen LogP contribution in [0, 0.1) is 0 Å². The molecule has 1 fully saturated rings. The molecule has 4 rings (SSSR count). The second-order valence-electron chi connectivity index (χ2n) is 6.80. The van der Waals surface area contributed by atoms with Crippen molar-refractivity contribution in [1.29, 1.82) is 0 Å². The maximum Gasteiger partial charge on any atom is 0.0964 e. The van der Waals surface area contributed by atoms with Gasteiger partial charge in [0.15, 0.2) is 0 Å². The lowest BCUT2D eigenvalue weighted by atomic mass is 9.83. The Bertz CT molecular complexity index is 655. The van der Waals surface area contributed by atoms with Gasteiger partial charge in [0.2, 0.25) is 0 Å². The van der Waals surface area contributed by atoms with Gasteiger partial charge in [0, 0.05) is 16.9 Å². The van der Waals surface area contributed by atoms with Crippen molar-refractivity contribution in [2.45, 2.75) is 50.9 Å². The van der Waals surface area contributed by atoms with Gasteiger partial charge in [0.25, 0.3) is 0 Å². The van der Waals surface area contributed by atoms with E-state index in [0.29, 0.717) is 11.8 Å². The number of nitrogens with zero attached hydrogens (tertiary/aromatic N) is 1. The number of hydrogen-bond acceptors (Lipinski definition) is 3. The van der Waals surface area contributed by atoms with Crippen LogP contribution >= 0.6 is 11.3 Å². The highest BCUT2D eigenvalue weighted by atomic mass is 32.1. The SMILES string of the molecule is C[C@H]1CCCc2ccc(-c3csc(C4CCNCC4)n3)cc21. The Morgan fingerprint density at radius 3 is 2.91 bits per heavy atom. The Balaban J connectivity index is 1.62. The van der Waals surface area contributed by atoms with E-state index in [0.717, 1.165) is 13.1 Å². The molecule has 2 nitrogen and oxygen atoms in total. The molecule has 0 unspecified atom stereocenters. The van der Waals surface area contributed by atoms with Crippen LogP contribution < -0.4 is 5.32 Å². The van der Waals surface area contributed by atoms with E-state index in [1.54, 1.807) is 11.1 Å². The molecule has 2 aromatic rings. The van der Waals surface area contributed by atoms with Crippen molar-refractivity contribution in [1.82, 2.24) is 10.3 Å². The standard InChI is InChI=1S/C19H24N2S/c1-13-3-2-4-14-5-6-16(11-17(13)14)18-12-22-19(21-18)15-7-9-20-10-8-15/h5-6,11-13,15,20H,2-4,7-10H2,1H3/t13-/m0/s1. The fourth-order valence-corrected chi connectivity index (χ4v) is 4.87. The average molecular weight is 312 g/mol. The zero-order valence-electron chi connectivity index (χ0n) is 13.3. The van der Waals surface area contributed by atoms with E-state index in [2.05, 4.69) is 35.8 Å². The van der Waals surface area contributed by atoms with Gasteiger partial charge in [0.1, 0.15) is 0 Å². The Labute approximate surface area is 137 Å². The van der Waals surface area contributed by atoms with Gasteiger partial charge in [-0.05, 0) is 68.3 Å². The molecular weight excluding hydrogens is 288 g/mol. The third-order valence-electron chi connectivity index (χ3n) is 5.27. The van der Waals surface area contributed by atoms with Gasteiger partial charge in [0.05, 0.1) is 10.7 Å². The summed E-state index contributed by atoms with van der Waals surface area (Å²) in [5, 5.41) is 7.03. The normalized spacial score (nSPS) is 22.5. The molecule has 3 heteroatoms. The Hall–Kier alpha value is -1.19. The zero-order chi connectivity index (χ0) is 14.9. The van der Waals surface area contributed by atoms with Crippen LogP contribution in [0.2, 0.25) is 0 Å². The highest BCUT2D eigenvalue weighted by molar-refractivity contribution is 7.10. The molecule has 1 aromatic heterocycles. The predicted octanol–water partition coefficient (Wildman–Crippen LogP) is 4.72. The van der Waals surface area contributed by atoms with Gasteiger partial charge < -0.3 is 5.32 Å².